The van der Waals surface area contributed by atoms with E-state index in [1.807, 2.05) is 24.3 Å². The van der Waals surface area contributed by atoms with Gasteiger partial charge >= 0.3 is 0 Å². The number of benzene rings is 1. The van der Waals surface area contributed by atoms with E-state index in [1.165, 1.54) is 50.3 Å². The van der Waals surface area contributed by atoms with Crippen molar-refractivity contribution in [3.63, 3.8) is 0 Å². The molecule has 1 amide bonds. The summed E-state index contributed by atoms with van der Waals surface area (Å²) in [5.41, 5.74) is 1.76. The van der Waals surface area contributed by atoms with Crippen molar-refractivity contribution in [1.29, 1.82) is 0 Å². The lowest BCUT2D eigenvalue weighted by atomic mass is 9.53. The summed E-state index contributed by atoms with van der Waals surface area (Å²) >= 11 is 1.41. The highest BCUT2D eigenvalue weighted by molar-refractivity contribution is 7.99. The number of carbonyl (C=O) groups is 1. The molecule has 4 saturated carbocycles. The standard InChI is InChI=1S/C21H23N5OS/c27-18(24-21-8-13-5-14(9-21)7-15(6-13)10-21)11-28-20-23-19-16-3-1-2-4-17(16)22-12-26(19)25-20/h1-4,12-15H,5-11H2,(H,24,27). The maximum absolute atomic E-state index is 12.7. The first-order valence-electron chi connectivity index (χ1n) is 10.2. The van der Waals surface area contributed by atoms with E-state index >= 15 is 0 Å². The van der Waals surface area contributed by atoms with Crippen LogP contribution in [-0.4, -0.2) is 36.8 Å². The van der Waals surface area contributed by atoms with Crippen LogP contribution < -0.4 is 5.32 Å². The number of rotatable bonds is 4. The van der Waals surface area contributed by atoms with Crippen LogP contribution in [0.4, 0.5) is 0 Å². The minimum atomic E-state index is 0.0683. The average Bonchev–Trinajstić information content (AvgIpc) is 3.09. The number of hydrogen-bond donors (Lipinski definition) is 1. The van der Waals surface area contributed by atoms with Crippen LogP contribution in [0, 0.1) is 17.8 Å². The second-order valence-corrected chi connectivity index (χ2v) is 9.90. The van der Waals surface area contributed by atoms with Crippen LogP contribution in [0.15, 0.2) is 35.7 Å². The highest BCUT2D eigenvalue weighted by Crippen LogP contribution is 2.55. The Morgan fingerprint density at radius 1 is 1.14 bits per heavy atom. The zero-order valence-corrected chi connectivity index (χ0v) is 16.5. The molecule has 2 aromatic heterocycles. The van der Waals surface area contributed by atoms with E-state index in [4.69, 9.17) is 0 Å². The van der Waals surface area contributed by atoms with Crippen molar-refractivity contribution in [2.45, 2.75) is 49.2 Å². The van der Waals surface area contributed by atoms with Gasteiger partial charge in [-0.1, -0.05) is 23.9 Å². The first-order chi connectivity index (χ1) is 13.7. The van der Waals surface area contributed by atoms with Gasteiger partial charge in [0.1, 0.15) is 6.33 Å². The van der Waals surface area contributed by atoms with Gasteiger partial charge in [-0.25, -0.2) is 14.5 Å². The summed E-state index contributed by atoms with van der Waals surface area (Å²) < 4.78 is 1.70. The maximum Gasteiger partial charge on any atom is 0.230 e. The molecule has 6 nitrogen and oxygen atoms in total. The smallest absolute Gasteiger partial charge is 0.230 e. The lowest BCUT2D eigenvalue weighted by Crippen LogP contribution is -2.60. The van der Waals surface area contributed by atoms with Crippen LogP contribution in [-0.2, 0) is 4.79 Å². The fourth-order valence-electron chi connectivity index (χ4n) is 6.25. The Hall–Kier alpha value is -2.15. The molecule has 0 radical (unpaired) electrons. The highest BCUT2D eigenvalue weighted by Gasteiger charge is 2.51. The zero-order chi connectivity index (χ0) is 18.7. The zero-order valence-electron chi connectivity index (χ0n) is 15.7. The van der Waals surface area contributed by atoms with Gasteiger partial charge in [0.25, 0.3) is 0 Å². The van der Waals surface area contributed by atoms with E-state index in [9.17, 15) is 4.79 Å². The molecule has 0 aliphatic heterocycles. The molecule has 0 atom stereocenters. The SMILES string of the molecule is O=C(CSc1nc2c3ccccc3ncn2n1)NC12CC3CC(CC(C3)C1)C2. The number of hydrogen-bond acceptors (Lipinski definition) is 5. The van der Waals surface area contributed by atoms with Crippen LogP contribution in [0.3, 0.4) is 0 Å². The van der Waals surface area contributed by atoms with E-state index in [0.29, 0.717) is 10.9 Å². The molecule has 0 unspecified atom stereocenters. The summed E-state index contributed by atoms with van der Waals surface area (Å²) in [5, 5.41) is 9.51. The molecule has 28 heavy (non-hydrogen) atoms. The quantitative estimate of drug-likeness (QED) is 0.688. The Bertz CT molecular complexity index is 1040. The maximum atomic E-state index is 12.7. The molecule has 4 bridgehead atoms. The van der Waals surface area contributed by atoms with Gasteiger partial charge < -0.3 is 5.32 Å². The molecule has 2 heterocycles. The summed E-state index contributed by atoms with van der Waals surface area (Å²) in [6.07, 6.45) is 9.38. The molecule has 1 aromatic carbocycles. The van der Waals surface area contributed by atoms with Gasteiger partial charge in [0.05, 0.1) is 11.3 Å². The number of nitrogens with zero attached hydrogens (tertiary/aromatic N) is 4. The Morgan fingerprint density at radius 2 is 1.86 bits per heavy atom. The summed E-state index contributed by atoms with van der Waals surface area (Å²) in [4.78, 5) is 21.8. The van der Waals surface area contributed by atoms with E-state index in [-0.39, 0.29) is 11.4 Å². The van der Waals surface area contributed by atoms with E-state index in [1.54, 1.807) is 10.8 Å². The second-order valence-electron chi connectivity index (χ2n) is 8.96. The lowest BCUT2D eigenvalue weighted by molar-refractivity contribution is -0.124. The summed E-state index contributed by atoms with van der Waals surface area (Å²) in [7, 11) is 0. The van der Waals surface area contributed by atoms with Crippen molar-refractivity contribution in [1.82, 2.24) is 24.9 Å². The number of para-hydroxylation sites is 1. The molecule has 0 spiro atoms. The van der Waals surface area contributed by atoms with Crippen molar-refractivity contribution in [2.24, 2.45) is 17.8 Å². The van der Waals surface area contributed by atoms with Crippen LogP contribution in [0.25, 0.3) is 16.6 Å². The molecule has 7 rings (SSSR count). The molecule has 0 saturated heterocycles. The van der Waals surface area contributed by atoms with Crippen molar-refractivity contribution < 1.29 is 4.79 Å². The van der Waals surface area contributed by atoms with Crippen molar-refractivity contribution in [3.8, 4) is 0 Å². The van der Waals surface area contributed by atoms with Crippen LogP contribution in [0.1, 0.15) is 38.5 Å². The van der Waals surface area contributed by atoms with Crippen molar-refractivity contribution in [3.05, 3.63) is 30.6 Å². The number of nitrogens with one attached hydrogen (secondary N) is 1. The molecule has 4 aliphatic rings. The third-order valence-electron chi connectivity index (χ3n) is 6.84. The molecule has 4 aliphatic carbocycles. The topological polar surface area (TPSA) is 72.2 Å². The molecular weight excluding hydrogens is 370 g/mol. The van der Waals surface area contributed by atoms with Crippen LogP contribution in [0.2, 0.25) is 0 Å². The normalized spacial score (nSPS) is 30.9. The average molecular weight is 394 g/mol. The van der Waals surface area contributed by atoms with Crippen molar-refractivity contribution in [2.75, 3.05) is 5.75 Å². The van der Waals surface area contributed by atoms with E-state index < -0.39 is 0 Å². The number of carbonyl (C=O) groups excluding carboxylic acids is 1. The predicted molar refractivity (Wildman–Crippen MR) is 108 cm³/mol. The van der Waals surface area contributed by atoms with Gasteiger partial charge in [-0.15, -0.1) is 5.10 Å². The molecule has 144 valence electrons. The molecule has 7 heteroatoms. The number of aromatic nitrogens is 4. The van der Waals surface area contributed by atoms with Crippen molar-refractivity contribution >= 4 is 34.2 Å². The van der Waals surface area contributed by atoms with E-state index in [0.717, 1.165) is 34.3 Å². The Balaban J connectivity index is 1.16. The monoisotopic (exact) mass is 393 g/mol. The van der Waals surface area contributed by atoms with Gasteiger partial charge in [-0.05, 0) is 68.4 Å². The molecule has 4 fully saturated rings. The highest BCUT2D eigenvalue weighted by atomic mass is 32.2. The largest absolute Gasteiger partial charge is 0.350 e. The minimum Gasteiger partial charge on any atom is -0.350 e. The third-order valence-corrected chi connectivity index (χ3v) is 7.68. The first kappa shape index (κ1) is 16.8. The van der Waals surface area contributed by atoms with Crippen LogP contribution in [0.5, 0.6) is 0 Å². The minimum absolute atomic E-state index is 0.0683. The third kappa shape index (κ3) is 2.79. The van der Waals surface area contributed by atoms with Gasteiger partial charge in [-0.3, -0.25) is 4.79 Å². The fraction of sp³-hybridized carbons (Fsp3) is 0.524. The molecular formula is C21H23N5OS. The van der Waals surface area contributed by atoms with Gasteiger partial charge in [0.2, 0.25) is 11.1 Å². The number of thioether (sulfide) groups is 1. The number of fused-ring (bicyclic) bond motifs is 3. The summed E-state index contributed by atoms with van der Waals surface area (Å²) in [6.45, 7) is 0. The lowest BCUT2D eigenvalue weighted by Gasteiger charge is -2.56. The van der Waals surface area contributed by atoms with E-state index in [2.05, 4.69) is 20.4 Å². The Kier molecular flexibility index (Phi) is 3.70. The van der Waals surface area contributed by atoms with Gasteiger partial charge in [-0.2, -0.15) is 0 Å². The number of amides is 1. The second kappa shape index (κ2) is 6.17. The van der Waals surface area contributed by atoms with Gasteiger partial charge in [0.15, 0.2) is 5.65 Å². The van der Waals surface area contributed by atoms with Crippen LogP contribution >= 0.6 is 11.8 Å². The summed E-state index contributed by atoms with van der Waals surface area (Å²) in [6, 6.07) is 7.91. The Labute approximate surface area is 167 Å². The molecule has 3 aromatic rings. The fourth-order valence-corrected chi connectivity index (χ4v) is 6.88. The Morgan fingerprint density at radius 3 is 2.61 bits per heavy atom. The predicted octanol–water partition coefficient (Wildman–Crippen LogP) is 3.45. The summed E-state index contributed by atoms with van der Waals surface area (Å²) in [5.74, 6) is 2.98. The first-order valence-corrected chi connectivity index (χ1v) is 11.2. The molecule has 1 N–H and O–H groups in total. The van der Waals surface area contributed by atoms with Gasteiger partial charge in [0, 0.05) is 10.9 Å².